The number of carbonyl (C=O) groups is 1. The zero-order chi connectivity index (χ0) is 23.3. The van der Waals surface area contributed by atoms with Crippen LogP contribution in [0.3, 0.4) is 0 Å². The lowest BCUT2D eigenvalue weighted by atomic mass is 10.1. The number of nitrogens with one attached hydrogen (secondary N) is 1. The van der Waals surface area contributed by atoms with Crippen LogP contribution in [0.15, 0.2) is 78.9 Å². The smallest absolute Gasteiger partial charge is 0.280 e. The number of hydrogen-bond acceptors (Lipinski definition) is 5. The summed E-state index contributed by atoms with van der Waals surface area (Å²) >= 11 is 0. The number of ether oxygens (including phenoxy) is 1. The maximum Gasteiger partial charge on any atom is 0.280 e. The van der Waals surface area contributed by atoms with Crippen LogP contribution >= 0.6 is 0 Å². The van der Waals surface area contributed by atoms with Crippen molar-refractivity contribution in [2.45, 2.75) is 26.2 Å². The van der Waals surface area contributed by atoms with Crippen molar-refractivity contribution in [2.24, 2.45) is 0 Å². The molecule has 0 fully saturated rings. The van der Waals surface area contributed by atoms with Crippen molar-refractivity contribution in [1.82, 2.24) is 25.2 Å². The Labute approximate surface area is 197 Å². The summed E-state index contributed by atoms with van der Waals surface area (Å²) in [5.74, 6) is 0.653. The summed E-state index contributed by atoms with van der Waals surface area (Å²) in [6.07, 6.45) is 3.44. The number of aromatic amines is 1. The lowest BCUT2D eigenvalue weighted by Gasteiger charge is -2.06. The minimum absolute atomic E-state index is 0.222. The van der Waals surface area contributed by atoms with E-state index in [-0.39, 0.29) is 5.91 Å². The number of fused-ring (bicyclic) bond motifs is 1. The first kappa shape index (κ1) is 21.6. The summed E-state index contributed by atoms with van der Waals surface area (Å²) in [5, 5.41) is 15.6. The van der Waals surface area contributed by atoms with E-state index in [1.807, 2.05) is 66.7 Å². The van der Waals surface area contributed by atoms with Gasteiger partial charge in [0.15, 0.2) is 0 Å². The van der Waals surface area contributed by atoms with Crippen molar-refractivity contribution in [3.05, 3.63) is 84.4 Å². The summed E-state index contributed by atoms with van der Waals surface area (Å²) < 4.78 is 7.12. The van der Waals surface area contributed by atoms with Gasteiger partial charge in [0.2, 0.25) is 0 Å². The Morgan fingerprint density at radius 2 is 1.71 bits per heavy atom. The van der Waals surface area contributed by atoms with Gasteiger partial charge >= 0.3 is 0 Å². The Hall–Kier alpha value is -4.26. The molecule has 0 atom stereocenters. The Morgan fingerprint density at radius 1 is 0.941 bits per heavy atom. The quantitative estimate of drug-likeness (QED) is 0.304. The highest BCUT2D eigenvalue weighted by Crippen LogP contribution is 2.26. The number of benzene rings is 3. The predicted molar refractivity (Wildman–Crippen MR) is 132 cm³/mol. The summed E-state index contributed by atoms with van der Waals surface area (Å²) in [4.78, 5) is 12.9. The fourth-order valence-corrected chi connectivity index (χ4v) is 3.82. The van der Waals surface area contributed by atoms with E-state index in [9.17, 15) is 4.79 Å². The van der Waals surface area contributed by atoms with E-state index in [2.05, 4.69) is 27.4 Å². The standard InChI is InChI=1S/C27H25N5O2/c1-2-3-6-17-34-22-15-13-20(14-16-22)25-18-24(28-29-25)19-9-11-21(12-10-19)27(33)32-26-8-5-4-7-23(26)30-31-32/h4-5,7-16,18H,2-3,6,17H2,1H3,(H,28,29). The molecule has 0 radical (unpaired) electrons. The van der Waals surface area contributed by atoms with Crippen molar-refractivity contribution >= 4 is 16.9 Å². The Morgan fingerprint density at radius 3 is 2.50 bits per heavy atom. The summed E-state index contributed by atoms with van der Waals surface area (Å²) in [6, 6.07) is 24.8. The molecule has 5 aromatic rings. The monoisotopic (exact) mass is 451 g/mol. The van der Waals surface area contributed by atoms with Gasteiger partial charge in [-0.2, -0.15) is 9.78 Å². The van der Waals surface area contributed by atoms with Gasteiger partial charge in [-0.3, -0.25) is 9.89 Å². The second kappa shape index (κ2) is 9.70. The zero-order valence-electron chi connectivity index (χ0n) is 18.9. The number of para-hydroxylation sites is 1. The van der Waals surface area contributed by atoms with E-state index in [0.29, 0.717) is 16.6 Å². The van der Waals surface area contributed by atoms with Crippen molar-refractivity contribution in [3.8, 4) is 28.3 Å². The number of hydrogen-bond donors (Lipinski definition) is 1. The van der Waals surface area contributed by atoms with Crippen LogP contribution in [0.25, 0.3) is 33.5 Å². The highest BCUT2D eigenvalue weighted by molar-refractivity contribution is 6.00. The van der Waals surface area contributed by atoms with Crippen LogP contribution in [0, 0.1) is 0 Å². The van der Waals surface area contributed by atoms with Gasteiger partial charge in [0.05, 0.1) is 23.5 Å². The van der Waals surface area contributed by atoms with Crippen LogP contribution in [-0.2, 0) is 0 Å². The van der Waals surface area contributed by atoms with Crippen LogP contribution in [0.4, 0.5) is 0 Å². The Bertz CT molecular complexity index is 1400. The lowest BCUT2D eigenvalue weighted by molar-refractivity contribution is 0.0948. The van der Waals surface area contributed by atoms with Crippen LogP contribution < -0.4 is 4.74 Å². The molecule has 170 valence electrons. The molecule has 0 aliphatic heterocycles. The molecule has 0 aliphatic carbocycles. The largest absolute Gasteiger partial charge is 0.494 e. The van der Waals surface area contributed by atoms with Crippen LogP contribution in [0.2, 0.25) is 0 Å². The molecule has 7 heteroatoms. The highest BCUT2D eigenvalue weighted by atomic mass is 16.5. The molecule has 0 saturated heterocycles. The molecule has 0 amide bonds. The molecule has 7 nitrogen and oxygen atoms in total. The maximum atomic E-state index is 12.9. The summed E-state index contributed by atoms with van der Waals surface area (Å²) in [7, 11) is 0. The molecule has 2 aromatic heterocycles. The number of aromatic nitrogens is 5. The molecule has 5 rings (SSSR count). The van der Waals surface area contributed by atoms with Gasteiger partial charge in [-0.1, -0.05) is 49.2 Å². The van der Waals surface area contributed by atoms with Gasteiger partial charge in [0, 0.05) is 11.1 Å². The lowest BCUT2D eigenvalue weighted by Crippen LogP contribution is -2.13. The van der Waals surface area contributed by atoms with Gasteiger partial charge in [0.25, 0.3) is 5.91 Å². The minimum atomic E-state index is -0.222. The van der Waals surface area contributed by atoms with Crippen molar-refractivity contribution in [1.29, 1.82) is 0 Å². The third-order valence-electron chi connectivity index (χ3n) is 5.73. The minimum Gasteiger partial charge on any atom is -0.494 e. The first-order valence-corrected chi connectivity index (χ1v) is 11.5. The fraction of sp³-hybridized carbons (Fsp3) is 0.185. The average Bonchev–Trinajstić information content (AvgIpc) is 3.55. The second-order valence-corrected chi connectivity index (χ2v) is 8.12. The number of nitrogens with zero attached hydrogens (tertiary/aromatic N) is 4. The van der Waals surface area contributed by atoms with E-state index < -0.39 is 0 Å². The molecule has 0 spiro atoms. The Kier molecular flexibility index (Phi) is 6.16. The van der Waals surface area contributed by atoms with Crippen LogP contribution in [0.5, 0.6) is 5.75 Å². The molecule has 0 unspecified atom stereocenters. The van der Waals surface area contributed by atoms with Crippen LogP contribution in [-0.4, -0.2) is 37.7 Å². The van der Waals surface area contributed by atoms with E-state index in [4.69, 9.17) is 4.74 Å². The van der Waals surface area contributed by atoms with Gasteiger partial charge in [-0.25, -0.2) is 0 Å². The maximum absolute atomic E-state index is 12.9. The molecule has 2 heterocycles. The molecular weight excluding hydrogens is 426 g/mol. The SMILES string of the molecule is CCCCCOc1ccc(-c2cc(-c3ccc(C(=O)n4nnc5ccccc54)cc3)n[nH]2)cc1. The second-order valence-electron chi connectivity index (χ2n) is 8.12. The van der Waals surface area contributed by atoms with Crippen LogP contribution in [0.1, 0.15) is 36.5 Å². The molecule has 0 bridgehead atoms. The molecule has 3 aromatic carbocycles. The highest BCUT2D eigenvalue weighted by Gasteiger charge is 2.14. The summed E-state index contributed by atoms with van der Waals surface area (Å²) in [5.41, 5.74) is 5.58. The number of rotatable bonds is 8. The van der Waals surface area contributed by atoms with Gasteiger partial charge < -0.3 is 4.74 Å². The predicted octanol–water partition coefficient (Wildman–Crippen LogP) is 5.75. The third kappa shape index (κ3) is 4.45. The molecule has 0 aliphatic rings. The number of carbonyl (C=O) groups excluding carboxylic acids is 1. The van der Waals surface area contributed by atoms with E-state index >= 15 is 0 Å². The van der Waals surface area contributed by atoms with E-state index in [0.717, 1.165) is 41.3 Å². The number of unbranched alkanes of at least 4 members (excludes halogenated alkanes) is 2. The zero-order valence-corrected chi connectivity index (χ0v) is 18.9. The molecular formula is C27H25N5O2. The third-order valence-corrected chi connectivity index (χ3v) is 5.73. The first-order valence-electron chi connectivity index (χ1n) is 11.5. The van der Waals surface area contributed by atoms with Gasteiger partial charge in [0.1, 0.15) is 11.3 Å². The van der Waals surface area contributed by atoms with Gasteiger partial charge in [-0.15, -0.1) is 5.10 Å². The van der Waals surface area contributed by atoms with Crippen molar-refractivity contribution < 1.29 is 9.53 Å². The van der Waals surface area contributed by atoms with Crippen molar-refractivity contribution in [2.75, 3.05) is 6.61 Å². The van der Waals surface area contributed by atoms with Gasteiger partial charge in [-0.05, 0) is 66.6 Å². The first-order chi connectivity index (χ1) is 16.7. The molecule has 1 N–H and O–H groups in total. The summed E-state index contributed by atoms with van der Waals surface area (Å²) in [6.45, 7) is 2.93. The van der Waals surface area contributed by atoms with Crippen molar-refractivity contribution in [3.63, 3.8) is 0 Å². The topological polar surface area (TPSA) is 85.7 Å². The molecule has 0 saturated carbocycles. The normalized spacial score (nSPS) is 11.1. The van der Waals surface area contributed by atoms with E-state index in [1.54, 1.807) is 12.1 Å². The average molecular weight is 452 g/mol. The van der Waals surface area contributed by atoms with E-state index in [1.165, 1.54) is 17.5 Å². The number of H-pyrrole nitrogens is 1. The molecule has 34 heavy (non-hydrogen) atoms. The fourth-order valence-electron chi connectivity index (χ4n) is 3.82. The Balaban J connectivity index is 1.28.